The van der Waals surface area contributed by atoms with Gasteiger partial charge in [0, 0.05) is 0 Å². The summed E-state index contributed by atoms with van der Waals surface area (Å²) in [6, 6.07) is 0. The van der Waals surface area contributed by atoms with Gasteiger partial charge in [-0.3, -0.25) is 0 Å². The van der Waals surface area contributed by atoms with Crippen LogP contribution in [-0.2, 0) is 0 Å². The van der Waals surface area contributed by atoms with E-state index in [0.29, 0.717) is 0 Å². The Morgan fingerprint density at radius 2 is 2.20 bits per heavy atom. The van der Waals surface area contributed by atoms with Crippen LogP contribution in [0.4, 0.5) is 0 Å². The lowest BCUT2D eigenvalue weighted by Gasteiger charge is -2.40. The average molecular weight is 132 g/mol. The van der Waals surface area contributed by atoms with E-state index in [-0.39, 0.29) is 0 Å². The molecule has 2 fully saturated rings. The number of fused-ring (bicyclic) bond motifs is 2. The van der Waals surface area contributed by atoms with Crippen LogP contribution in [0.1, 0.15) is 32.1 Å². The molecule has 0 spiro atoms. The zero-order valence-electron chi connectivity index (χ0n) is 6.19. The van der Waals surface area contributed by atoms with Crippen LogP contribution in [-0.4, -0.2) is 0 Å². The van der Waals surface area contributed by atoms with Crippen molar-refractivity contribution >= 4 is 0 Å². The molecule has 0 heteroatoms. The molecule has 3 aliphatic carbocycles. The first-order valence-corrected chi connectivity index (χ1v) is 4.36. The largest absolute Gasteiger partial charge is 0.0804 e. The minimum absolute atomic E-state index is 0.999. The molecule has 0 bridgehead atoms. The van der Waals surface area contributed by atoms with Gasteiger partial charge in [-0.1, -0.05) is 11.6 Å². The van der Waals surface area contributed by atoms with Crippen molar-refractivity contribution in [2.24, 2.45) is 5.92 Å². The SMILES string of the molecule is C1=C2CCC2=C2CCC2C1. The smallest absolute Gasteiger partial charge is 0.0159 e. The molecule has 1 atom stereocenters. The second-order valence-electron chi connectivity index (χ2n) is 3.70. The van der Waals surface area contributed by atoms with Gasteiger partial charge in [-0.25, -0.2) is 0 Å². The summed E-state index contributed by atoms with van der Waals surface area (Å²) in [6.45, 7) is 0. The number of hydrogen-bond donors (Lipinski definition) is 0. The van der Waals surface area contributed by atoms with Crippen molar-refractivity contribution in [1.82, 2.24) is 0 Å². The van der Waals surface area contributed by atoms with E-state index in [1.807, 2.05) is 5.57 Å². The van der Waals surface area contributed by atoms with Gasteiger partial charge in [0.2, 0.25) is 0 Å². The minimum atomic E-state index is 0.999. The van der Waals surface area contributed by atoms with Crippen LogP contribution >= 0.6 is 0 Å². The number of allylic oxidation sites excluding steroid dienone is 4. The fourth-order valence-electron chi connectivity index (χ4n) is 2.42. The molecule has 0 aromatic heterocycles. The third kappa shape index (κ3) is 0.448. The Kier molecular flexibility index (Phi) is 0.803. The maximum atomic E-state index is 2.48. The highest BCUT2D eigenvalue weighted by Gasteiger charge is 2.33. The van der Waals surface area contributed by atoms with Gasteiger partial charge in [-0.2, -0.15) is 0 Å². The first kappa shape index (κ1) is 5.17. The molecule has 1 unspecified atom stereocenters. The fraction of sp³-hybridized carbons (Fsp3) is 0.600. The second kappa shape index (κ2) is 1.55. The predicted molar refractivity (Wildman–Crippen MR) is 41.7 cm³/mol. The predicted octanol–water partition coefficient (Wildman–Crippen LogP) is 2.82. The summed E-state index contributed by atoms with van der Waals surface area (Å²) < 4.78 is 0. The quantitative estimate of drug-likeness (QED) is 0.475. The minimum Gasteiger partial charge on any atom is -0.0804 e. The molecule has 10 heavy (non-hydrogen) atoms. The lowest BCUT2D eigenvalue weighted by molar-refractivity contribution is 0.421. The van der Waals surface area contributed by atoms with Crippen molar-refractivity contribution < 1.29 is 0 Å². The standard InChI is InChI=1S/C10H12/c1-2-8-4-6-10(8)9-5-3-7(1)9/h1,8H,2-6H2. The van der Waals surface area contributed by atoms with Gasteiger partial charge >= 0.3 is 0 Å². The van der Waals surface area contributed by atoms with Gasteiger partial charge in [0.1, 0.15) is 0 Å². The summed E-state index contributed by atoms with van der Waals surface area (Å²) in [5, 5.41) is 0. The van der Waals surface area contributed by atoms with Crippen LogP contribution in [0.15, 0.2) is 22.8 Å². The van der Waals surface area contributed by atoms with E-state index in [1.165, 1.54) is 32.1 Å². The summed E-state index contributed by atoms with van der Waals surface area (Å²) >= 11 is 0. The molecule has 0 radical (unpaired) electrons. The topological polar surface area (TPSA) is 0 Å². The van der Waals surface area contributed by atoms with E-state index >= 15 is 0 Å². The maximum Gasteiger partial charge on any atom is -0.0159 e. The van der Waals surface area contributed by atoms with Crippen molar-refractivity contribution in [2.75, 3.05) is 0 Å². The molecular formula is C10H12. The zero-order chi connectivity index (χ0) is 6.55. The molecule has 52 valence electrons. The van der Waals surface area contributed by atoms with E-state index in [1.54, 1.807) is 11.1 Å². The Balaban J connectivity index is 2.08. The van der Waals surface area contributed by atoms with Gasteiger partial charge in [-0.05, 0) is 49.2 Å². The Morgan fingerprint density at radius 1 is 1.20 bits per heavy atom. The van der Waals surface area contributed by atoms with Gasteiger partial charge in [0.15, 0.2) is 0 Å². The highest BCUT2D eigenvalue weighted by Crippen LogP contribution is 2.50. The number of rotatable bonds is 0. The van der Waals surface area contributed by atoms with Gasteiger partial charge < -0.3 is 0 Å². The van der Waals surface area contributed by atoms with E-state index in [4.69, 9.17) is 0 Å². The molecule has 0 aliphatic heterocycles. The lowest BCUT2D eigenvalue weighted by atomic mass is 9.65. The Hall–Kier alpha value is -0.520. The van der Waals surface area contributed by atoms with Crippen molar-refractivity contribution in [2.45, 2.75) is 32.1 Å². The highest BCUT2D eigenvalue weighted by molar-refractivity contribution is 5.48. The van der Waals surface area contributed by atoms with Crippen molar-refractivity contribution in [3.63, 3.8) is 0 Å². The maximum absolute atomic E-state index is 2.48. The van der Waals surface area contributed by atoms with Crippen molar-refractivity contribution in [3.05, 3.63) is 22.8 Å². The lowest BCUT2D eigenvalue weighted by Crippen LogP contribution is -2.24. The van der Waals surface area contributed by atoms with Crippen molar-refractivity contribution in [1.29, 1.82) is 0 Å². The summed E-state index contributed by atoms with van der Waals surface area (Å²) in [4.78, 5) is 0. The molecule has 0 saturated heterocycles. The van der Waals surface area contributed by atoms with Crippen molar-refractivity contribution in [3.8, 4) is 0 Å². The van der Waals surface area contributed by atoms with E-state index in [2.05, 4.69) is 6.08 Å². The zero-order valence-corrected chi connectivity index (χ0v) is 6.19. The monoisotopic (exact) mass is 132 g/mol. The van der Waals surface area contributed by atoms with Crippen LogP contribution in [0, 0.1) is 5.92 Å². The summed E-state index contributed by atoms with van der Waals surface area (Å²) in [5.74, 6) is 0.999. The molecule has 0 aromatic rings. The third-order valence-electron chi connectivity index (χ3n) is 3.32. The first-order chi connectivity index (χ1) is 4.95. The summed E-state index contributed by atoms with van der Waals surface area (Å²) in [7, 11) is 0. The molecule has 0 nitrogen and oxygen atoms in total. The molecule has 0 amide bonds. The molecule has 3 aliphatic rings. The van der Waals surface area contributed by atoms with E-state index < -0.39 is 0 Å². The van der Waals surface area contributed by atoms with Crippen LogP contribution in [0.25, 0.3) is 0 Å². The summed E-state index contributed by atoms with van der Waals surface area (Å²) in [5.41, 5.74) is 5.30. The van der Waals surface area contributed by atoms with Crippen LogP contribution in [0.3, 0.4) is 0 Å². The van der Waals surface area contributed by atoms with Crippen LogP contribution in [0.2, 0.25) is 0 Å². The van der Waals surface area contributed by atoms with E-state index in [0.717, 1.165) is 5.92 Å². The normalized spacial score (nSPS) is 35.2. The molecule has 3 rings (SSSR count). The molecule has 0 N–H and O–H groups in total. The van der Waals surface area contributed by atoms with Crippen LogP contribution in [0.5, 0.6) is 0 Å². The van der Waals surface area contributed by atoms with Gasteiger partial charge in [0.05, 0.1) is 0 Å². The molecule has 2 saturated carbocycles. The van der Waals surface area contributed by atoms with Gasteiger partial charge in [0.25, 0.3) is 0 Å². The molecule has 0 aromatic carbocycles. The second-order valence-corrected chi connectivity index (χ2v) is 3.70. The Labute approximate surface area is 61.6 Å². The van der Waals surface area contributed by atoms with Crippen LogP contribution < -0.4 is 0 Å². The average Bonchev–Trinajstić information content (AvgIpc) is 1.84. The third-order valence-corrected chi connectivity index (χ3v) is 3.32. The highest BCUT2D eigenvalue weighted by atomic mass is 14.4. The Bertz CT molecular complexity index is 243. The fourth-order valence-corrected chi connectivity index (χ4v) is 2.42. The van der Waals surface area contributed by atoms with E-state index in [9.17, 15) is 0 Å². The molecule has 0 heterocycles. The van der Waals surface area contributed by atoms with Gasteiger partial charge in [-0.15, -0.1) is 0 Å². The Morgan fingerprint density at radius 3 is 2.70 bits per heavy atom. The summed E-state index contributed by atoms with van der Waals surface area (Å²) in [6.07, 6.45) is 9.53. The first-order valence-electron chi connectivity index (χ1n) is 4.36. The molecular weight excluding hydrogens is 120 g/mol. The number of hydrogen-bond acceptors (Lipinski definition) is 0.